The van der Waals surface area contributed by atoms with Crippen LogP contribution in [0, 0.1) is 4.91 Å². The molecule has 0 aromatic heterocycles. The maximum absolute atomic E-state index is 12.6. The van der Waals surface area contributed by atoms with Gasteiger partial charge in [-0.05, 0) is 24.3 Å². The molecule has 1 N–H and O–H groups in total. The van der Waals surface area contributed by atoms with Crippen LogP contribution in [0.25, 0.3) is 0 Å². The lowest BCUT2D eigenvalue weighted by Crippen LogP contribution is -2.41. The van der Waals surface area contributed by atoms with Crippen molar-refractivity contribution in [2.24, 2.45) is 5.18 Å². The van der Waals surface area contributed by atoms with E-state index in [1.54, 1.807) is 36.4 Å². The van der Waals surface area contributed by atoms with Gasteiger partial charge >= 0.3 is 0 Å². The molecule has 1 aliphatic heterocycles. The van der Waals surface area contributed by atoms with Crippen LogP contribution in [0.4, 0.5) is 5.69 Å². The van der Waals surface area contributed by atoms with Crippen LogP contribution in [0.15, 0.2) is 71.4 Å². The van der Waals surface area contributed by atoms with Crippen molar-refractivity contribution in [1.82, 2.24) is 0 Å². The second-order valence-corrected chi connectivity index (χ2v) is 5.30. The maximum Gasteiger partial charge on any atom is 0.277 e. The molecule has 0 saturated carbocycles. The van der Waals surface area contributed by atoms with E-state index >= 15 is 0 Å². The summed E-state index contributed by atoms with van der Waals surface area (Å²) in [7, 11) is 0. The lowest BCUT2D eigenvalue weighted by atomic mass is 9.96. The number of amides is 1. The Morgan fingerprint density at radius 1 is 1.09 bits per heavy atom. The Hall–Kier alpha value is -2.95. The van der Waals surface area contributed by atoms with E-state index in [1.807, 2.05) is 24.3 Å². The van der Waals surface area contributed by atoms with Crippen LogP contribution in [0.5, 0.6) is 5.75 Å². The van der Waals surface area contributed by atoms with Gasteiger partial charge in [-0.1, -0.05) is 41.6 Å². The Morgan fingerprint density at radius 3 is 2.59 bits per heavy atom. The number of ether oxygens (including phenoxy) is 1. The van der Waals surface area contributed by atoms with Crippen LogP contribution in [-0.2, 0) is 4.79 Å². The Labute approximate surface area is 126 Å². The van der Waals surface area contributed by atoms with Crippen molar-refractivity contribution in [3.8, 4) is 5.75 Å². The van der Waals surface area contributed by atoms with Crippen LogP contribution in [0.2, 0.25) is 0 Å². The number of carbonyl (C=O) groups excluding carboxylic acids is 1. The number of nitrogens with zero attached hydrogens (tertiary/aromatic N) is 1. The Morgan fingerprint density at radius 2 is 1.82 bits per heavy atom. The zero-order valence-corrected chi connectivity index (χ0v) is 11.5. The highest BCUT2D eigenvalue weighted by atomic mass is 16.5. The molecule has 1 amide bonds. The van der Waals surface area contributed by atoms with Crippen molar-refractivity contribution in [3.05, 3.63) is 76.7 Å². The topological polar surface area (TPSA) is 67.8 Å². The van der Waals surface area contributed by atoms with Gasteiger partial charge in [0.05, 0.1) is 0 Å². The molecule has 2 aliphatic rings. The number of nitroso groups, excluding NO2 is 1. The van der Waals surface area contributed by atoms with E-state index in [0.29, 0.717) is 22.6 Å². The molecule has 5 heteroatoms. The van der Waals surface area contributed by atoms with Crippen LogP contribution in [0.3, 0.4) is 0 Å². The van der Waals surface area contributed by atoms with Gasteiger partial charge in [0.1, 0.15) is 11.8 Å². The molecule has 2 unspecified atom stereocenters. The third kappa shape index (κ3) is 1.75. The summed E-state index contributed by atoms with van der Waals surface area (Å²) in [6, 6.07) is 15.6. The number of rotatable bonds is 3. The second kappa shape index (κ2) is 4.53. The molecule has 22 heavy (non-hydrogen) atoms. The van der Waals surface area contributed by atoms with Gasteiger partial charge in [0, 0.05) is 16.8 Å². The van der Waals surface area contributed by atoms with Crippen LogP contribution in [0.1, 0.15) is 11.6 Å². The summed E-state index contributed by atoms with van der Waals surface area (Å²) in [6.45, 7) is 0. The molecule has 0 radical (unpaired) electrons. The number of hydrogen-bond donors (Lipinski definition) is 1. The predicted octanol–water partition coefficient (Wildman–Crippen LogP) is 3.20. The Balaban J connectivity index is 1.65. The molecule has 2 aromatic carbocycles. The lowest BCUT2D eigenvalue weighted by molar-refractivity contribution is -0.123. The molecular weight excluding hydrogens is 280 g/mol. The largest absolute Gasteiger partial charge is 0.468 e. The minimum absolute atomic E-state index is 0.308. The molecule has 2 atom stereocenters. The van der Waals surface area contributed by atoms with E-state index in [-0.39, 0.29) is 5.91 Å². The molecular formula is C17H12N2O3. The summed E-state index contributed by atoms with van der Waals surface area (Å²) in [5.41, 5.74) is 0.807. The van der Waals surface area contributed by atoms with E-state index in [2.05, 4.69) is 10.5 Å². The highest BCUT2D eigenvalue weighted by Gasteiger charge is 2.60. The van der Waals surface area contributed by atoms with Gasteiger partial charge in [0.2, 0.25) is 5.60 Å². The van der Waals surface area contributed by atoms with Crippen molar-refractivity contribution < 1.29 is 9.53 Å². The molecule has 0 bridgehead atoms. The third-order valence-corrected chi connectivity index (χ3v) is 3.96. The zero-order valence-electron chi connectivity index (χ0n) is 11.5. The molecule has 1 aliphatic carbocycles. The zero-order chi connectivity index (χ0) is 15.2. The van der Waals surface area contributed by atoms with E-state index in [0.717, 1.165) is 0 Å². The summed E-state index contributed by atoms with van der Waals surface area (Å²) >= 11 is 0. The molecule has 0 saturated heterocycles. The van der Waals surface area contributed by atoms with E-state index in [9.17, 15) is 9.70 Å². The molecule has 2 aromatic rings. The first-order valence-electron chi connectivity index (χ1n) is 6.95. The average molecular weight is 292 g/mol. The molecule has 5 nitrogen and oxygen atoms in total. The van der Waals surface area contributed by atoms with Gasteiger partial charge in [0.25, 0.3) is 5.91 Å². The third-order valence-electron chi connectivity index (χ3n) is 3.96. The van der Waals surface area contributed by atoms with Gasteiger partial charge < -0.3 is 10.1 Å². The fourth-order valence-electron chi connectivity index (χ4n) is 2.80. The van der Waals surface area contributed by atoms with Gasteiger partial charge in [0.15, 0.2) is 0 Å². The van der Waals surface area contributed by atoms with E-state index < -0.39 is 11.6 Å². The summed E-state index contributed by atoms with van der Waals surface area (Å²) < 4.78 is 5.86. The summed E-state index contributed by atoms with van der Waals surface area (Å²) in [5, 5.41) is 5.98. The van der Waals surface area contributed by atoms with E-state index in [1.165, 1.54) is 0 Å². The monoisotopic (exact) mass is 292 g/mol. The normalized spacial score (nSPS) is 24.2. The van der Waals surface area contributed by atoms with Gasteiger partial charge in [-0.25, -0.2) is 0 Å². The van der Waals surface area contributed by atoms with Crippen LogP contribution >= 0.6 is 0 Å². The van der Waals surface area contributed by atoms with Crippen molar-refractivity contribution in [3.63, 3.8) is 0 Å². The highest BCUT2D eigenvalue weighted by molar-refractivity contribution is 6.06. The molecule has 0 spiro atoms. The number of fused-ring (bicyclic) bond motifs is 2. The van der Waals surface area contributed by atoms with Gasteiger partial charge in [-0.15, -0.1) is 4.91 Å². The Kier molecular flexibility index (Phi) is 2.63. The van der Waals surface area contributed by atoms with Gasteiger partial charge in [-0.3, -0.25) is 4.79 Å². The summed E-state index contributed by atoms with van der Waals surface area (Å²) in [4.78, 5) is 23.8. The SMILES string of the molecule is O=NC1C2=CC2(C(=O)Nc2ccccc2)Oc2ccccc21. The van der Waals surface area contributed by atoms with Crippen molar-refractivity contribution in [2.75, 3.05) is 5.32 Å². The fourth-order valence-corrected chi connectivity index (χ4v) is 2.80. The number of carbonyl (C=O) groups is 1. The maximum atomic E-state index is 12.6. The van der Waals surface area contributed by atoms with Crippen LogP contribution < -0.4 is 10.1 Å². The standard InChI is InChI=1S/C17H12N2O3/c20-16(18-11-6-2-1-3-7-11)17-10-13(17)15(19-21)12-8-4-5-9-14(12)22-17/h1-10,15H,(H,18,20). The minimum Gasteiger partial charge on any atom is -0.468 e. The van der Waals surface area contributed by atoms with Crippen molar-refractivity contribution in [2.45, 2.75) is 11.6 Å². The minimum atomic E-state index is -1.18. The molecule has 0 fully saturated rings. The smallest absolute Gasteiger partial charge is 0.277 e. The quantitative estimate of drug-likeness (QED) is 0.697. The van der Waals surface area contributed by atoms with Crippen molar-refractivity contribution >= 4 is 11.6 Å². The first kappa shape index (κ1) is 12.8. The highest BCUT2D eigenvalue weighted by Crippen LogP contribution is 2.54. The molecule has 1 heterocycles. The second-order valence-electron chi connectivity index (χ2n) is 5.30. The van der Waals surface area contributed by atoms with Crippen molar-refractivity contribution in [1.29, 1.82) is 0 Å². The summed E-state index contributed by atoms with van der Waals surface area (Å²) in [5.74, 6) is 0.213. The van der Waals surface area contributed by atoms with Gasteiger partial charge in [-0.2, -0.15) is 0 Å². The lowest BCUT2D eigenvalue weighted by Gasteiger charge is -2.28. The summed E-state index contributed by atoms with van der Waals surface area (Å²) in [6.07, 6.45) is 1.66. The molecule has 108 valence electrons. The fraction of sp³-hybridized carbons (Fsp3) is 0.118. The number of hydrogen-bond acceptors (Lipinski definition) is 4. The number of anilines is 1. The van der Waals surface area contributed by atoms with Crippen LogP contribution in [-0.4, -0.2) is 11.5 Å². The number of benzene rings is 2. The Bertz CT molecular complexity index is 801. The van der Waals surface area contributed by atoms with E-state index in [4.69, 9.17) is 4.74 Å². The number of para-hydroxylation sites is 2. The predicted molar refractivity (Wildman–Crippen MR) is 81.5 cm³/mol. The first-order chi connectivity index (χ1) is 10.7. The first-order valence-corrected chi connectivity index (χ1v) is 6.95. The molecule has 4 rings (SSSR count). The average Bonchev–Trinajstić information content (AvgIpc) is 3.29. The number of nitrogens with one attached hydrogen (secondary N) is 1.